The van der Waals surface area contributed by atoms with Crippen molar-refractivity contribution in [2.75, 3.05) is 14.2 Å². The smallest absolute Gasteiger partial charge is 0.208 e. The van der Waals surface area contributed by atoms with Crippen LogP contribution in [0.3, 0.4) is 0 Å². The minimum atomic E-state index is -0.840. The van der Waals surface area contributed by atoms with E-state index < -0.39 is 5.79 Å². The standard InChI is InChI=1S/C9H15N3O2/c1-9(13-2,14-3)7-4-5-11-8(6-10)12-7/h4-5H,6,10H2,1-3H3. The monoisotopic (exact) mass is 197 g/mol. The molecular weight excluding hydrogens is 182 g/mol. The molecular formula is C9H15N3O2. The van der Waals surface area contributed by atoms with E-state index in [-0.39, 0.29) is 0 Å². The molecule has 0 aromatic carbocycles. The number of nitrogens with two attached hydrogens (primary N) is 1. The van der Waals surface area contributed by atoms with Crippen LogP contribution in [0.5, 0.6) is 0 Å². The fourth-order valence-corrected chi connectivity index (χ4v) is 1.04. The van der Waals surface area contributed by atoms with Gasteiger partial charge < -0.3 is 15.2 Å². The van der Waals surface area contributed by atoms with Gasteiger partial charge in [-0.05, 0) is 13.0 Å². The van der Waals surface area contributed by atoms with Crippen molar-refractivity contribution in [2.45, 2.75) is 19.3 Å². The van der Waals surface area contributed by atoms with Crippen LogP contribution in [-0.2, 0) is 21.8 Å². The zero-order chi connectivity index (χ0) is 10.6. The molecule has 1 rings (SSSR count). The highest BCUT2D eigenvalue weighted by Crippen LogP contribution is 2.22. The second-order valence-electron chi connectivity index (χ2n) is 2.92. The minimum Gasteiger partial charge on any atom is -0.348 e. The van der Waals surface area contributed by atoms with Gasteiger partial charge in [-0.1, -0.05) is 0 Å². The summed E-state index contributed by atoms with van der Waals surface area (Å²) in [5.41, 5.74) is 6.10. The maximum absolute atomic E-state index is 5.44. The molecule has 0 radical (unpaired) electrons. The lowest BCUT2D eigenvalue weighted by atomic mass is 10.2. The Labute approximate surface area is 83.3 Å². The summed E-state index contributed by atoms with van der Waals surface area (Å²) in [6.07, 6.45) is 1.64. The molecule has 0 aliphatic rings. The number of rotatable bonds is 4. The highest BCUT2D eigenvalue weighted by molar-refractivity contribution is 5.08. The maximum Gasteiger partial charge on any atom is 0.208 e. The molecule has 0 aliphatic heterocycles. The molecule has 0 atom stereocenters. The van der Waals surface area contributed by atoms with Gasteiger partial charge in [-0.15, -0.1) is 0 Å². The van der Waals surface area contributed by atoms with E-state index >= 15 is 0 Å². The van der Waals surface area contributed by atoms with Crippen LogP contribution in [0.4, 0.5) is 0 Å². The maximum atomic E-state index is 5.44. The Morgan fingerprint density at radius 2 is 2.07 bits per heavy atom. The number of ether oxygens (including phenoxy) is 2. The molecule has 1 aromatic heterocycles. The van der Waals surface area contributed by atoms with E-state index in [1.165, 1.54) is 0 Å². The van der Waals surface area contributed by atoms with Crippen LogP contribution in [0.2, 0.25) is 0 Å². The molecule has 14 heavy (non-hydrogen) atoms. The van der Waals surface area contributed by atoms with Crippen molar-refractivity contribution in [3.63, 3.8) is 0 Å². The summed E-state index contributed by atoms with van der Waals surface area (Å²) in [7, 11) is 3.13. The van der Waals surface area contributed by atoms with Gasteiger partial charge in [0.1, 0.15) is 11.5 Å². The summed E-state index contributed by atoms with van der Waals surface area (Å²) in [4.78, 5) is 8.21. The first kappa shape index (κ1) is 11.0. The molecule has 0 spiro atoms. The van der Waals surface area contributed by atoms with E-state index in [9.17, 15) is 0 Å². The van der Waals surface area contributed by atoms with E-state index in [1.54, 1.807) is 33.4 Å². The van der Waals surface area contributed by atoms with Gasteiger partial charge in [0.05, 0.1) is 6.54 Å². The first-order valence-corrected chi connectivity index (χ1v) is 4.29. The molecule has 0 aliphatic carbocycles. The summed E-state index contributed by atoms with van der Waals surface area (Å²) in [5, 5.41) is 0. The van der Waals surface area contributed by atoms with Crippen LogP contribution in [0.15, 0.2) is 12.3 Å². The largest absolute Gasteiger partial charge is 0.348 e. The molecule has 0 amide bonds. The van der Waals surface area contributed by atoms with E-state index in [0.29, 0.717) is 18.1 Å². The SMILES string of the molecule is COC(C)(OC)c1ccnc(CN)n1. The van der Waals surface area contributed by atoms with Crippen LogP contribution >= 0.6 is 0 Å². The van der Waals surface area contributed by atoms with Crippen LogP contribution in [0.25, 0.3) is 0 Å². The lowest BCUT2D eigenvalue weighted by Crippen LogP contribution is -2.28. The predicted molar refractivity (Wildman–Crippen MR) is 51.3 cm³/mol. The first-order chi connectivity index (χ1) is 6.66. The third-order valence-electron chi connectivity index (χ3n) is 2.13. The lowest BCUT2D eigenvalue weighted by Gasteiger charge is -2.25. The summed E-state index contributed by atoms with van der Waals surface area (Å²) in [6, 6.07) is 1.74. The van der Waals surface area contributed by atoms with Crippen LogP contribution < -0.4 is 5.73 Å². The van der Waals surface area contributed by atoms with Gasteiger partial charge in [0.25, 0.3) is 0 Å². The van der Waals surface area contributed by atoms with Crippen molar-refractivity contribution >= 4 is 0 Å². The van der Waals surface area contributed by atoms with Crippen molar-refractivity contribution in [3.05, 3.63) is 23.8 Å². The quantitative estimate of drug-likeness (QED) is 0.707. The second kappa shape index (κ2) is 4.45. The molecule has 0 unspecified atom stereocenters. The average Bonchev–Trinajstić information content (AvgIpc) is 2.28. The fourth-order valence-electron chi connectivity index (χ4n) is 1.04. The van der Waals surface area contributed by atoms with Crippen molar-refractivity contribution in [2.24, 2.45) is 5.73 Å². The van der Waals surface area contributed by atoms with Crippen molar-refractivity contribution < 1.29 is 9.47 Å². The first-order valence-electron chi connectivity index (χ1n) is 4.29. The van der Waals surface area contributed by atoms with Crippen LogP contribution in [0, 0.1) is 0 Å². The summed E-state index contributed by atoms with van der Waals surface area (Å²) in [5.74, 6) is -0.268. The number of hydrogen-bond acceptors (Lipinski definition) is 5. The third-order valence-corrected chi connectivity index (χ3v) is 2.13. The van der Waals surface area contributed by atoms with E-state index in [4.69, 9.17) is 15.2 Å². The van der Waals surface area contributed by atoms with Gasteiger partial charge in [-0.3, -0.25) is 0 Å². The molecule has 5 nitrogen and oxygen atoms in total. The van der Waals surface area contributed by atoms with E-state index in [1.807, 2.05) is 0 Å². The zero-order valence-corrected chi connectivity index (χ0v) is 8.65. The molecule has 1 heterocycles. The van der Waals surface area contributed by atoms with Crippen LogP contribution in [0.1, 0.15) is 18.4 Å². The van der Waals surface area contributed by atoms with E-state index in [0.717, 1.165) is 0 Å². The number of methoxy groups -OCH3 is 2. The lowest BCUT2D eigenvalue weighted by molar-refractivity contribution is -0.204. The van der Waals surface area contributed by atoms with Crippen LogP contribution in [-0.4, -0.2) is 24.2 Å². The Morgan fingerprint density at radius 1 is 1.43 bits per heavy atom. The Bertz CT molecular complexity index is 300. The Kier molecular flexibility index (Phi) is 3.51. The fraction of sp³-hybridized carbons (Fsp3) is 0.556. The number of hydrogen-bond donors (Lipinski definition) is 1. The molecule has 0 fully saturated rings. The summed E-state index contributed by atoms with van der Waals surface area (Å²) in [6.45, 7) is 2.09. The Hall–Kier alpha value is -1.04. The molecule has 1 aromatic rings. The minimum absolute atomic E-state index is 0.303. The van der Waals surface area contributed by atoms with Gasteiger partial charge >= 0.3 is 0 Å². The van der Waals surface area contributed by atoms with Crippen molar-refractivity contribution in [3.8, 4) is 0 Å². The topological polar surface area (TPSA) is 70.3 Å². The number of aromatic nitrogens is 2. The van der Waals surface area contributed by atoms with Gasteiger partial charge in [-0.25, -0.2) is 9.97 Å². The highest BCUT2D eigenvalue weighted by Gasteiger charge is 2.27. The Balaban J connectivity index is 3.04. The van der Waals surface area contributed by atoms with Gasteiger partial charge in [0.2, 0.25) is 5.79 Å². The molecule has 78 valence electrons. The summed E-state index contributed by atoms with van der Waals surface area (Å²) < 4.78 is 10.4. The highest BCUT2D eigenvalue weighted by atomic mass is 16.7. The molecule has 2 N–H and O–H groups in total. The third kappa shape index (κ3) is 2.06. The van der Waals surface area contributed by atoms with Crippen molar-refractivity contribution in [1.29, 1.82) is 0 Å². The normalized spacial score (nSPS) is 11.7. The molecule has 0 bridgehead atoms. The van der Waals surface area contributed by atoms with Gasteiger partial charge in [0, 0.05) is 20.4 Å². The zero-order valence-electron chi connectivity index (χ0n) is 8.65. The molecule has 0 saturated carbocycles. The molecule has 5 heteroatoms. The van der Waals surface area contributed by atoms with Gasteiger partial charge in [0.15, 0.2) is 0 Å². The number of nitrogens with zero attached hydrogens (tertiary/aromatic N) is 2. The average molecular weight is 197 g/mol. The summed E-state index contributed by atoms with van der Waals surface area (Å²) >= 11 is 0. The van der Waals surface area contributed by atoms with Crippen molar-refractivity contribution in [1.82, 2.24) is 9.97 Å². The second-order valence-corrected chi connectivity index (χ2v) is 2.92. The predicted octanol–water partition coefficient (Wildman–Crippen LogP) is 0.401. The van der Waals surface area contributed by atoms with E-state index in [2.05, 4.69) is 9.97 Å². The Morgan fingerprint density at radius 3 is 2.57 bits per heavy atom. The molecule has 0 saturated heterocycles. The van der Waals surface area contributed by atoms with Gasteiger partial charge in [-0.2, -0.15) is 0 Å².